The number of piperazine rings is 1. The van der Waals surface area contributed by atoms with Crippen LogP contribution in [-0.2, 0) is 19.5 Å². The second-order valence-corrected chi connectivity index (χ2v) is 11.8. The van der Waals surface area contributed by atoms with Crippen LogP contribution in [0.5, 0.6) is 0 Å². The Hall–Kier alpha value is -4.56. The Morgan fingerprint density at radius 2 is 1.60 bits per heavy atom. The molecular formula is C35H39N5O3. The predicted molar refractivity (Wildman–Crippen MR) is 171 cm³/mol. The molecule has 2 amide bonds. The van der Waals surface area contributed by atoms with Crippen molar-refractivity contribution in [3.05, 3.63) is 113 Å². The number of nitrogens with zero attached hydrogens (tertiary/aromatic N) is 4. The summed E-state index contributed by atoms with van der Waals surface area (Å²) in [6.07, 6.45) is 2.25. The van der Waals surface area contributed by atoms with Crippen LogP contribution < -0.4 is 15.1 Å². The Morgan fingerprint density at radius 3 is 2.33 bits per heavy atom. The van der Waals surface area contributed by atoms with E-state index < -0.39 is 0 Å². The van der Waals surface area contributed by atoms with Gasteiger partial charge in [0, 0.05) is 57.1 Å². The number of carbonyl (C=O) groups excluding carboxylic acids is 2. The molecule has 2 aliphatic rings. The summed E-state index contributed by atoms with van der Waals surface area (Å²) in [6, 6.07) is 24.2. The van der Waals surface area contributed by atoms with Gasteiger partial charge in [-0.2, -0.15) is 0 Å². The zero-order valence-corrected chi connectivity index (χ0v) is 25.2. The largest absolute Gasteiger partial charge is 0.459 e. The number of aryl methyl sites for hydroxylation is 1. The fraction of sp³-hybridized carbons (Fsp3) is 0.314. The van der Waals surface area contributed by atoms with E-state index in [0.29, 0.717) is 24.3 Å². The van der Waals surface area contributed by atoms with E-state index in [9.17, 15) is 9.59 Å². The van der Waals surface area contributed by atoms with Gasteiger partial charge in [0.15, 0.2) is 5.76 Å². The van der Waals surface area contributed by atoms with Crippen molar-refractivity contribution in [2.24, 2.45) is 0 Å². The molecule has 222 valence electrons. The van der Waals surface area contributed by atoms with E-state index in [-0.39, 0.29) is 17.6 Å². The Balaban J connectivity index is 1.26. The number of amides is 2. The highest BCUT2D eigenvalue weighted by atomic mass is 16.3. The minimum atomic E-state index is -0.331. The first-order chi connectivity index (χ1) is 20.9. The summed E-state index contributed by atoms with van der Waals surface area (Å²) in [6.45, 7) is 7.55. The fourth-order valence-electron chi connectivity index (χ4n) is 6.19. The lowest BCUT2D eigenvalue weighted by molar-refractivity contribution is 0.0726. The summed E-state index contributed by atoms with van der Waals surface area (Å²) in [5, 5.41) is 3.06. The molecule has 6 rings (SSSR count). The molecule has 0 atom stereocenters. The molecule has 0 spiro atoms. The van der Waals surface area contributed by atoms with E-state index in [1.54, 1.807) is 12.1 Å². The van der Waals surface area contributed by atoms with Crippen molar-refractivity contribution in [3.8, 4) is 0 Å². The molecule has 8 nitrogen and oxygen atoms in total. The van der Waals surface area contributed by atoms with Gasteiger partial charge in [-0.15, -0.1) is 0 Å². The third kappa shape index (κ3) is 6.29. The summed E-state index contributed by atoms with van der Waals surface area (Å²) >= 11 is 0. The van der Waals surface area contributed by atoms with Crippen LogP contribution in [-0.4, -0.2) is 68.4 Å². The Bertz CT molecular complexity index is 1610. The van der Waals surface area contributed by atoms with Crippen LogP contribution in [0.15, 0.2) is 83.5 Å². The number of para-hydroxylation sites is 1. The third-order valence-electron chi connectivity index (χ3n) is 8.32. The number of hydrogen-bond donors (Lipinski definition) is 1. The number of fused-ring (bicyclic) bond motifs is 1. The van der Waals surface area contributed by atoms with Crippen LogP contribution >= 0.6 is 0 Å². The van der Waals surface area contributed by atoms with Crippen LogP contribution in [0.3, 0.4) is 0 Å². The van der Waals surface area contributed by atoms with Crippen molar-refractivity contribution in [3.63, 3.8) is 0 Å². The van der Waals surface area contributed by atoms with Gasteiger partial charge < -0.3 is 29.3 Å². The van der Waals surface area contributed by atoms with E-state index in [1.165, 1.54) is 23.1 Å². The van der Waals surface area contributed by atoms with Gasteiger partial charge in [0.1, 0.15) is 0 Å². The number of hydrogen-bond acceptors (Lipinski definition) is 6. The summed E-state index contributed by atoms with van der Waals surface area (Å²) in [5.41, 5.74) is 8.12. The summed E-state index contributed by atoms with van der Waals surface area (Å²) in [4.78, 5) is 35.7. The highest BCUT2D eigenvalue weighted by Gasteiger charge is 2.29. The second kappa shape index (κ2) is 12.4. The van der Waals surface area contributed by atoms with Gasteiger partial charge in [0.05, 0.1) is 17.6 Å². The van der Waals surface area contributed by atoms with Crippen LogP contribution in [0.25, 0.3) is 0 Å². The number of nitrogens with one attached hydrogen (secondary N) is 1. The standard InChI is InChI=1S/C35H39N5O3/c1-25-8-4-5-11-31(25)38-15-17-39(18-16-38)32-21-28-13-14-40(24-27-10-6-9-26(20-27)23-37(2)3)35(42)29(28)22-30(32)36-34(41)33-12-7-19-43-33/h4-12,19-22H,13-18,23-24H2,1-3H3,(H,36,41). The average Bonchev–Trinajstić information content (AvgIpc) is 3.55. The summed E-state index contributed by atoms with van der Waals surface area (Å²) in [7, 11) is 4.11. The number of anilines is 3. The van der Waals surface area contributed by atoms with Gasteiger partial charge in [-0.05, 0) is 80.0 Å². The van der Waals surface area contributed by atoms with E-state index >= 15 is 0 Å². The van der Waals surface area contributed by atoms with Crippen molar-refractivity contribution in [1.82, 2.24) is 9.80 Å². The molecule has 3 heterocycles. The van der Waals surface area contributed by atoms with E-state index in [4.69, 9.17) is 4.42 Å². The molecule has 0 unspecified atom stereocenters. The van der Waals surface area contributed by atoms with Crippen molar-refractivity contribution >= 4 is 28.9 Å². The molecule has 1 aromatic heterocycles. The molecule has 0 radical (unpaired) electrons. The maximum Gasteiger partial charge on any atom is 0.291 e. The van der Waals surface area contributed by atoms with Crippen LogP contribution in [0, 0.1) is 6.92 Å². The summed E-state index contributed by atoms with van der Waals surface area (Å²) in [5.74, 6) is -0.107. The van der Waals surface area contributed by atoms with Gasteiger partial charge in [-0.25, -0.2) is 0 Å². The van der Waals surface area contributed by atoms with Crippen LogP contribution in [0.1, 0.15) is 43.2 Å². The van der Waals surface area contributed by atoms with E-state index in [2.05, 4.69) is 95.6 Å². The zero-order chi connectivity index (χ0) is 29.9. The minimum Gasteiger partial charge on any atom is -0.459 e. The van der Waals surface area contributed by atoms with Crippen molar-refractivity contribution in [1.29, 1.82) is 0 Å². The van der Waals surface area contributed by atoms with Gasteiger partial charge >= 0.3 is 0 Å². The lowest BCUT2D eigenvalue weighted by atomic mass is 9.95. The Kier molecular flexibility index (Phi) is 8.20. The number of furan rings is 1. The smallest absolute Gasteiger partial charge is 0.291 e. The molecule has 1 saturated heterocycles. The highest BCUT2D eigenvalue weighted by Crippen LogP contribution is 2.35. The fourth-order valence-corrected chi connectivity index (χ4v) is 6.19. The second-order valence-electron chi connectivity index (χ2n) is 11.8. The molecule has 43 heavy (non-hydrogen) atoms. The monoisotopic (exact) mass is 577 g/mol. The van der Waals surface area contributed by atoms with Crippen LogP contribution in [0.2, 0.25) is 0 Å². The molecule has 2 aliphatic heterocycles. The average molecular weight is 578 g/mol. The highest BCUT2D eigenvalue weighted by molar-refractivity contribution is 6.06. The quantitative estimate of drug-likeness (QED) is 0.301. The predicted octanol–water partition coefficient (Wildman–Crippen LogP) is 5.43. The van der Waals surface area contributed by atoms with Crippen molar-refractivity contribution in [2.45, 2.75) is 26.4 Å². The maximum absolute atomic E-state index is 13.8. The molecule has 0 aliphatic carbocycles. The third-order valence-corrected chi connectivity index (χ3v) is 8.32. The molecule has 1 fully saturated rings. The summed E-state index contributed by atoms with van der Waals surface area (Å²) < 4.78 is 5.37. The van der Waals surface area contributed by atoms with E-state index in [1.807, 2.05) is 11.0 Å². The number of carbonyl (C=O) groups is 2. The number of rotatable bonds is 8. The van der Waals surface area contributed by atoms with Gasteiger partial charge in [0.25, 0.3) is 11.8 Å². The van der Waals surface area contributed by atoms with Gasteiger partial charge in [-0.1, -0.05) is 42.5 Å². The lowest BCUT2D eigenvalue weighted by Crippen LogP contribution is -2.47. The number of benzene rings is 3. The molecule has 0 bridgehead atoms. The first-order valence-corrected chi connectivity index (χ1v) is 14.9. The molecule has 4 aromatic rings. The molecule has 0 saturated carbocycles. The molecule has 8 heteroatoms. The van der Waals surface area contributed by atoms with Crippen molar-refractivity contribution in [2.75, 3.05) is 61.9 Å². The maximum atomic E-state index is 13.8. The first kappa shape index (κ1) is 28.6. The molecule has 3 aromatic carbocycles. The Morgan fingerprint density at radius 1 is 0.860 bits per heavy atom. The topological polar surface area (TPSA) is 72.3 Å². The first-order valence-electron chi connectivity index (χ1n) is 14.9. The SMILES string of the molecule is Cc1ccccc1N1CCN(c2cc3c(cc2NC(=O)c2ccco2)C(=O)N(Cc2cccc(CN(C)C)c2)CC3)CC1. The normalized spacial score (nSPS) is 15.2. The van der Waals surface area contributed by atoms with Gasteiger partial charge in [0.2, 0.25) is 0 Å². The molecular weight excluding hydrogens is 538 g/mol. The van der Waals surface area contributed by atoms with Crippen LogP contribution in [0.4, 0.5) is 17.1 Å². The van der Waals surface area contributed by atoms with Crippen molar-refractivity contribution < 1.29 is 14.0 Å². The minimum absolute atomic E-state index is 0.0105. The molecule has 1 N–H and O–H groups in total. The Labute approximate surface area is 253 Å². The van der Waals surface area contributed by atoms with E-state index in [0.717, 1.165) is 56.0 Å². The zero-order valence-electron chi connectivity index (χ0n) is 25.2. The lowest BCUT2D eigenvalue weighted by Gasteiger charge is -2.39. The van der Waals surface area contributed by atoms with Gasteiger partial charge in [-0.3, -0.25) is 9.59 Å².